The van der Waals surface area contributed by atoms with Crippen molar-refractivity contribution in [3.8, 4) is 0 Å². The fourth-order valence-electron chi connectivity index (χ4n) is 3.48. The van der Waals surface area contributed by atoms with Crippen LogP contribution < -0.4 is 10.2 Å². The maximum atomic E-state index is 12.3. The maximum Gasteiger partial charge on any atom is 0.433 e. The molecular formula is C20H20N4O4. The highest BCUT2D eigenvalue weighted by Gasteiger charge is 2.18. The highest BCUT2D eigenvalue weighted by Crippen LogP contribution is 2.27. The molecule has 2 aromatic heterocycles. The second kappa shape index (κ2) is 7.30. The average Bonchev–Trinajstić information content (AvgIpc) is 3.20. The van der Waals surface area contributed by atoms with Crippen LogP contribution in [-0.2, 0) is 0 Å². The van der Waals surface area contributed by atoms with Crippen LogP contribution in [0.4, 0.5) is 17.4 Å². The molecule has 1 fully saturated rings. The van der Waals surface area contributed by atoms with Crippen LogP contribution in [-0.4, -0.2) is 28.9 Å². The number of aryl methyl sites for hydroxylation is 1. The number of fused-ring (bicyclic) bond motifs is 1. The third-order valence-corrected chi connectivity index (χ3v) is 4.94. The number of hydrogen-bond acceptors (Lipinski definition) is 6. The monoisotopic (exact) mass is 380 g/mol. The van der Waals surface area contributed by atoms with Crippen molar-refractivity contribution in [1.29, 1.82) is 0 Å². The number of piperidine rings is 1. The van der Waals surface area contributed by atoms with Gasteiger partial charge in [-0.1, -0.05) is 0 Å². The molecule has 8 nitrogen and oxygen atoms in total. The Balaban J connectivity index is 1.57. The van der Waals surface area contributed by atoms with E-state index in [1.165, 1.54) is 25.3 Å². The Morgan fingerprint density at radius 2 is 1.96 bits per heavy atom. The smallest absolute Gasteiger partial charge is 0.395 e. The van der Waals surface area contributed by atoms with Crippen LogP contribution in [0.1, 0.15) is 35.4 Å². The fourth-order valence-corrected chi connectivity index (χ4v) is 3.48. The second-order valence-electron chi connectivity index (χ2n) is 6.93. The van der Waals surface area contributed by atoms with Crippen molar-refractivity contribution in [3.05, 3.63) is 57.8 Å². The first kappa shape index (κ1) is 18.0. The van der Waals surface area contributed by atoms with Gasteiger partial charge < -0.3 is 14.6 Å². The van der Waals surface area contributed by atoms with Crippen LogP contribution in [0.3, 0.4) is 0 Å². The predicted molar refractivity (Wildman–Crippen MR) is 106 cm³/mol. The van der Waals surface area contributed by atoms with Crippen molar-refractivity contribution in [2.24, 2.45) is 0 Å². The van der Waals surface area contributed by atoms with Gasteiger partial charge in [-0.2, -0.15) is 0 Å². The molecule has 1 aliphatic heterocycles. The van der Waals surface area contributed by atoms with E-state index in [2.05, 4.69) is 16.3 Å². The zero-order chi connectivity index (χ0) is 19.7. The number of furan rings is 1. The van der Waals surface area contributed by atoms with E-state index in [0.717, 1.165) is 41.4 Å². The van der Waals surface area contributed by atoms with Gasteiger partial charge >= 0.3 is 5.88 Å². The molecule has 3 aromatic rings. The normalized spacial score (nSPS) is 14.2. The van der Waals surface area contributed by atoms with Crippen LogP contribution in [0.5, 0.6) is 0 Å². The molecular weight excluding hydrogens is 360 g/mol. The number of nitrogens with zero attached hydrogens (tertiary/aromatic N) is 3. The Hall–Kier alpha value is -3.42. The van der Waals surface area contributed by atoms with Gasteiger partial charge in [-0.3, -0.25) is 14.9 Å². The largest absolute Gasteiger partial charge is 0.433 e. The van der Waals surface area contributed by atoms with Gasteiger partial charge in [0.25, 0.3) is 5.91 Å². The van der Waals surface area contributed by atoms with Crippen molar-refractivity contribution in [2.45, 2.75) is 26.2 Å². The van der Waals surface area contributed by atoms with Crippen molar-refractivity contribution in [1.82, 2.24) is 4.98 Å². The summed E-state index contributed by atoms with van der Waals surface area (Å²) in [6, 6.07) is 10.0. The lowest BCUT2D eigenvalue weighted by Crippen LogP contribution is -2.30. The molecule has 144 valence electrons. The van der Waals surface area contributed by atoms with Crippen LogP contribution in [0, 0.1) is 17.0 Å². The molecule has 1 aliphatic rings. The Morgan fingerprint density at radius 1 is 1.18 bits per heavy atom. The topological polar surface area (TPSA) is 102 Å². The summed E-state index contributed by atoms with van der Waals surface area (Å²) in [6.07, 6.45) is 3.65. The van der Waals surface area contributed by atoms with Crippen LogP contribution in [0.15, 0.2) is 40.8 Å². The average molecular weight is 380 g/mol. The molecule has 0 bridgehead atoms. The first-order valence-electron chi connectivity index (χ1n) is 9.23. The Labute approximate surface area is 161 Å². The summed E-state index contributed by atoms with van der Waals surface area (Å²) in [4.78, 5) is 29.4. The third-order valence-electron chi connectivity index (χ3n) is 4.94. The van der Waals surface area contributed by atoms with Gasteiger partial charge in [0, 0.05) is 24.2 Å². The minimum atomic E-state index is -0.679. The van der Waals surface area contributed by atoms with Gasteiger partial charge in [-0.25, -0.2) is 4.98 Å². The van der Waals surface area contributed by atoms with Crippen molar-refractivity contribution < 1.29 is 14.1 Å². The first-order chi connectivity index (χ1) is 13.5. The molecule has 0 atom stereocenters. The summed E-state index contributed by atoms with van der Waals surface area (Å²) in [5, 5.41) is 14.4. The van der Waals surface area contributed by atoms with Gasteiger partial charge in [0.2, 0.25) is 0 Å². The molecule has 0 unspecified atom stereocenters. The number of carbonyl (C=O) groups excluding carboxylic acids is 1. The number of amides is 1. The van der Waals surface area contributed by atoms with Crippen molar-refractivity contribution in [2.75, 3.05) is 23.3 Å². The van der Waals surface area contributed by atoms with E-state index in [9.17, 15) is 14.9 Å². The molecule has 0 radical (unpaired) electrons. The molecule has 3 heterocycles. The molecule has 8 heteroatoms. The molecule has 0 saturated carbocycles. The highest BCUT2D eigenvalue weighted by molar-refractivity contribution is 6.03. The minimum Gasteiger partial charge on any atom is -0.395 e. The lowest BCUT2D eigenvalue weighted by Gasteiger charge is -2.28. The number of nitrogens with one attached hydrogen (secondary N) is 1. The van der Waals surface area contributed by atoms with Gasteiger partial charge in [0.05, 0.1) is 11.6 Å². The van der Waals surface area contributed by atoms with E-state index >= 15 is 0 Å². The maximum absolute atomic E-state index is 12.3. The van der Waals surface area contributed by atoms with E-state index in [1.807, 2.05) is 19.1 Å². The molecule has 1 saturated heterocycles. The van der Waals surface area contributed by atoms with Gasteiger partial charge in [0.1, 0.15) is 10.7 Å². The van der Waals surface area contributed by atoms with Gasteiger partial charge in [0.15, 0.2) is 5.76 Å². The van der Waals surface area contributed by atoms with E-state index < -0.39 is 16.7 Å². The molecule has 1 amide bonds. The molecule has 1 aromatic carbocycles. The van der Waals surface area contributed by atoms with E-state index in [4.69, 9.17) is 9.40 Å². The van der Waals surface area contributed by atoms with E-state index in [1.54, 1.807) is 6.07 Å². The van der Waals surface area contributed by atoms with E-state index in [0.29, 0.717) is 5.69 Å². The summed E-state index contributed by atoms with van der Waals surface area (Å²) in [5.41, 5.74) is 2.52. The first-order valence-corrected chi connectivity index (χ1v) is 9.23. The Bertz CT molecular complexity index is 1050. The summed E-state index contributed by atoms with van der Waals surface area (Å²) in [6.45, 7) is 4.09. The summed E-state index contributed by atoms with van der Waals surface area (Å²) < 4.78 is 4.94. The van der Waals surface area contributed by atoms with Gasteiger partial charge in [-0.15, -0.1) is 0 Å². The highest BCUT2D eigenvalue weighted by atomic mass is 16.6. The number of hydrogen-bond donors (Lipinski definition) is 1. The van der Waals surface area contributed by atoms with Crippen LogP contribution in [0.25, 0.3) is 10.9 Å². The lowest BCUT2D eigenvalue weighted by molar-refractivity contribution is -0.402. The Morgan fingerprint density at radius 3 is 2.68 bits per heavy atom. The van der Waals surface area contributed by atoms with Crippen LogP contribution >= 0.6 is 0 Å². The number of benzene rings is 1. The number of anilines is 2. The molecule has 28 heavy (non-hydrogen) atoms. The zero-order valence-electron chi connectivity index (χ0n) is 15.5. The standard InChI is InChI=1S/C20H20N4O4/c1-13-11-18(23-9-3-2-4-10-23)22-16-6-5-14(12-15(13)16)21-20(25)17-7-8-19(28-17)24(26)27/h5-8,11-12H,2-4,9-10H2,1H3,(H,21,25). The van der Waals surface area contributed by atoms with Crippen LogP contribution in [0.2, 0.25) is 0 Å². The van der Waals surface area contributed by atoms with Crippen molar-refractivity contribution >= 4 is 34.2 Å². The van der Waals surface area contributed by atoms with E-state index in [-0.39, 0.29) is 5.76 Å². The summed E-state index contributed by atoms with van der Waals surface area (Å²) >= 11 is 0. The molecule has 0 spiro atoms. The molecule has 0 aliphatic carbocycles. The third kappa shape index (κ3) is 3.53. The van der Waals surface area contributed by atoms with Gasteiger partial charge in [-0.05, 0) is 62.1 Å². The summed E-state index contributed by atoms with van der Waals surface area (Å²) in [7, 11) is 0. The second-order valence-corrected chi connectivity index (χ2v) is 6.93. The minimum absolute atomic E-state index is 0.109. The number of aromatic nitrogens is 1. The zero-order valence-corrected chi connectivity index (χ0v) is 15.5. The summed E-state index contributed by atoms with van der Waals surface area (Å²) in [5.74, 6) is -0.122. The predicted octanol–water partition coefficient (Wildman–Crippen LogP) is 4.29. The fraction of sp³-hybridized carbons (Fsp3) is 0.300. The SMILES string of the molecule is Cc1cc(N2CCCCC2)nc2ccc(NC(=O)c3ccc([N+](=O)[O-])o3)cc12. The number of carbonyl (C=O) groups is 1. The Kier molecular flexibility index (Phi) is 4.68. The lowest BCUT2D eigenvalue weighted by atomic mass is 10.1. The molecule has 1 N–H and O–H groups in total. The number of pyridine rings is 1. The molecule has 4 rings (SSSR count). The number of rotatable bonds is 4. The quantitative estimate of drug-likeness (QED) is 0.535. The number of nitro groups is 1. The van der Waals surface area contributed by atoms with Crippen molar-refractivity contribution in [3.63, 3.8) is 0 Å².